The van der Waals surface area contributed by atoms with Crippen LogP contribution >= 0.6 is 0 Å². The molecular weight excluding hydrogens is 186 g/mol. The predicted octanol–water partition coefficient (Wildman–Crippen LogP) is 1.23. The van der Waals surface area contributed by atoms with Crippen molar-refractivity contribution in [1.29, 1.82) is 0 Å². The van der Waals surface area contributed by atoms with Gasteiger partial charge in [0.15, 0.2) is 0 Å². The number of hydrogen-bond acceptors (Lipinski definition) is 3. The van der Waals surface area contributed by atoms with Gasteiger partial charge in [0.2, 0.25) is 0 Å². The summed E-state index contributed by atoms with van der Waals surface area (Å²) in [5.74, 6) is 0. The zero-order valence-corrected chi connectivity index (χ0v) is 9.29. The van der Waals surface area contributed by atoms with Crippen LogP contribution in [0.15, 0.2) is 18.5 Å². The number of hydrogen-bond donors (Lipinski definition) is 2. The van der Waals surface area contributed by atoms with Crippen molar-refractivity contribution in [2.24, 2.45) is 0 Å². The highest BCUT2D eigenvalue weighted by molar-refractivity contribution is 5.16. The second-order valence-electron chi connectivity index (χ2n) is 4.28. The Labute approximate surface area is 91.3 Å². The Kier molecular flexibility index (Phi) is 3.69. The lowest BCUT2D eigenvalue weighted by molar-refractivity contribution is 0.608. The van der Waals surface area contributed by atoms with E-state index < -0.39 is 0 Å². The molecule has 0 bridgehead atoms. The average Bonchev–Trinajstić information content (AvgIpc) is 3.01. The van der Waals surface area contributed by atoms with Gasteiger partial charge in [0.1, 0.15) is 0 Å². The molecule has 15 heavy (non-hydrogen) atoms. The molecule has 1 heterocycles. The Morgan fingerprint density at radius 2 is 2.20 bits per heavy atom. The van der Waals surface area contributed by atoms with E-state index in [9.17, 15) is 0 Å². The number of rotatable bonds is 6. The summed E-state index contributed by atoms with van der Waals surface area (Å²) in [5, 5.41) is 6.89. The van der Waals surface area contributed by atoms with Crippen molar-refractivity contribution in [2.75, 3.05) is 13.1 Å². The van der Waals surface area contributed by atoms with E-state index in [1.165, 1.54) is 24.0 Å². The van der Waals surface area contributed by atoms with Gasteiger partial charge in [-0.3, -0.25) is 4.98 Å². The first kappa shape index (κ1) is 10.6. The maximum atomic E-state index is 4.17. The standard InChI is InChI=1S/C12H19N3/c1-10-6-11(9-14-7-10)8-13-4-5-15-12-2-3-12/h6-7,9,12-13,15H,2-5,8H2,1H3. The minimum Gasteiger partial charge on any atom is -0.313 e. The Morgan fingerprint density at radius 1 is 1.33 bits per heavy atom. The fourth-order valence-corrected chi connectivity index (χ4v) is 1.60. The van der Waals surface area contributed by atoms with Crippen LogP contribution in [0, 0.1) is 6.92 Å². The highest BCUT2D eigenvalue weighted by Gasteiger charge is 2.19. The molecule has 3 nitrogen and oxygen atoms in total. The lowest BCUT2D eigenvalue weighted by atomic mass is 10.2. The van der Waals surface area contributed by atoms with Gasteiger partial charge in [0.25, 0.3) is 0 Å². The molecule has 0 aliphatic heterocycles. The summed E-state index contributed by atoms with van der Waals surface area (Å²) in [6, 6.07) is 2.99. The smallest absolute Gasteiger partial charge is 0.0313 e. The van der Waals surface area contributed by atoms with E-state index in [2.05, 4.69) is 28.6 Å². The molecule has 0 spiro atoms. The molecule has 1 aromatic heterocycles. The molecule has 0 aromatic carbocycles. The van der Waals surface area contributed by atoms with E-state index in [-0.39, 0.29) is 0 Å². The van der Waals surface area contributed by atoms with Gasteiger partial charge in [0, 0.05) is 38.1 Å². The van der Waals surface area contributed by atoms with Crippen molar-refractivity contribution < 1.29 is 0 Å². The van der Waals surface area contributed by atoms with Gasteiger partial charge in [-0.2, -0.15) is 0 Å². The molecule has 1 aromatic rings. The number of nitrogens with one attached hydrogen (secondary N) is 2. The summed E-state index contributed by atoms with van der Waals surface area (Å²) in [7, 11) is 0. The summed E-state index contributed by atoms with van der Waals surface area (Å²) in [6.45, 7) is 5.10. The molecule has 82 valence electrons. The van der Waals surface area contributed by atoms with Crippen LogP contribution in [-0.4, -0.2) is 24.1 Å². The molecular formula is C12H19N3. The highest BCUT2D eigenvalue weighted by Crippen LogP contribution is 2.17. The molecule has 3 heteroatoms. The zero-order chi connectivity index (χ0) is 10.5. The van der Waals surface area contributed by atoms with Gasteiger partial charge in [0.05, 0.1) is 0 Å². The second-order valence-corrected chi connectivity index (χ2v) is 4.28. The number of pyridine rings is 1. The summed E-state index contributed by atoms with van der Waals surface area (Å²) in [5.41, 5.74) is 2.49. The number of nitrogens with zero attached hydrogens (tertiary/aromatic N) is 1. The highest BCUT2D eigenvalue weighted by atomic mass is 15.0. The lowest BCUT2D eigenvalue weighted by Gasteiger charge is -2.05. The molecule has 1 fully saturated rings. The van der Waals surface area contributed by atoms with Crippen molar-refractivity contribution in [3.63, 3.8) is 0 Å². The summed E-state index contributed by atoms with van der Waals surface area (Å²) in [4.78, 5) is 4.17. The molecule has 1 aliphatic rings. The largest absolute Gasteiger partial charge is 0.313 e. The molecule has 0 amide bonds. The minimum atomic E-state index is 0.812. The van der Waals surface area contributed by atoms with E-state index in [0.29, 0.717) is 0 Å². The van der Waals surface area contributed by atoms with Gasteiger partial charge in [-0.05, 0) is 30.9 Å². The fourth-order valence-electron chi connectivity index (χ4n) is 1.60. The first-order chi connectivity index (χ1) is 7.34. The van der Waals surface area contributed by atoms with E-state index in [4.69, 9.17) is 0 Å². The fraction of sp³-hybridized carbons (Fsp3) is 0.583. The molecule has 1 saturated carbocycles. The van der Waals surface area contributed by atoms with Crippen LogP contribution in [-0.2, 0) is 6.54 Å². The Hall–Kier alpha value is -0.930. The summed E-state index contributed by atoms with van der Waals surface area (Å²) in [6.07, 6.45) is 6.54. The molecule has 1 aliphatic carbocycles. The SMILES string of the molecule is Cc1cncc(CNCCNC2CC2)c1. The molecule has 0 radical (unpaired) electrons. The molecule has 2 rings (SSSR count). The Bertz CT molecular complexity index is 307. The maximum absolute atomic E-state index is 4.17. The van der Waals surface area contributed by atoms with E-state index in [1.807, 2.05) is 12.4 Å². The van der Waals surface area contributed by atoms with Gasteiger partial charge in [-0.15, -0.1) is 0 Å². The minimum absolute atomic E-state index is 0.812. The van der Waals surface area contributed by atoms with E-state index in [0.717, 1.165) is 25.7 Å². The third-order valence-electron chi connectivity index (χ3n) is 2.57. The first-order valence-corrected chi connectivity index (χ1v) is 5.69. The van der Waals surface area contributed by atoms with Gasteiger partial charge < -0.3 is 10.6 Å². The average molecular weight is 205 g/mol. The van der Waals surface area contributed by atoms with E-state index in [1.54, 1.807) is 0 Å². The van der Waals surface area contributed by atoms with Crippen LogP contribution in [0.25, 0.3) is 0 Å². The van der Waals surface area contributed by atoms with Crippen molar-refractivity contribution in [3.8, 4) is 0 Å². The third kappa shape index (κ3) is 3.98. The quantitative estimate of drug-likeness (QED) is 0.686. The van der Waals surface area contributed by atoms with Crippen molar-refractivity contribution >= 4 is 0 Å². The second kappa shape index (κ2) is 5.24. The van der Waals surface area contributed by atoms with Crippen LogP contribution in [0.3, 0.4) is 0 Å². The van der Waals surface area contributed by atoms with Crippen molar-refractivity contribution in [1.82, 2.24) is 15.6 Å². The van der Waals surface area contributed by atoms with Crippen molar-refractivity contribution in [3.05, 3.63) is 29.6 Å². The topological polar surface area (TPSA) is 37.0 Å². The van der Waals surface area contributed by atoms with Crippen molar-refractivity contribution in [2.45, 2.75) is 32.4 Å². The van der Waals surface area contributed by atoms with Crippen LogP contribution < -0.4 is 10.6 Å². The first-order valence-electron chi connectivity index (χ1n) is 5.69. The normalized spacial score (nSPS) is 15.5. The van der Waals surface area contributed by atoms with E-state index >= 15 is 0 Å². The molecule has 0 unspecified atom stereocenters. The van der Waals surface area contributed by atoms with Crippen LogP contribution in [0.2, 0.25) is 0 Å². The van der Waals surface area contributed by atoms with Gasteiger partial charge >= 0.3 is 0 Å². The Balaban J connectivity index is 1.60. The zero-order valence-electron chi connectivity index (χ0n) is 9.29. The third-order valence-corrected chi connectivity index (χ3v) is 2.57. The predicted molar refractivity (Wildman–Crippen MR) is 61.7 cm³/mol. The maximum Gasteiger partial charge on any atom is 0.0313 e. The van der Waals surface area contributed by atoms with Crippen LogP contribution in [0.4, 0.5) is 0 Å². The van der Waals surface area contributed by atoms with Gasteiger partial charge in [-0.1, -0.05) is 6.07 Å². The summed E-state index contributed by atoms with van der Waals surface area (Å²) < 4.78 is 0. The number of aromatic nitrogens is 1. The van der Waals surface area contributed by atoms with Gasteiger partial charge in [-0.25, -0.2) is 0 Å². The number of aryl methyl sites for hydroxylation is 1. The Morgan fingerprint density at radius 3 is 2.93 bits per heavy atom. The monoisotopic (exact) mass is 205 g/mol. The lowest BCUT2D eigenvalue weighted by Crippen LogP contribution is -2.28. The molecule has 2 N–H and O–H groups in total. The summed E-state index contributed by atoms with van der Waals surface area (Å²) >= 11 is 0. The van der Waals surface area contributed by atoms with Crippen LogP contribution in [0.1, 0.15) is 24.0 Å². The van der Waals surface area contributed by atoms with Crippen LogP contribution in [0.5, 0.6) is 0 Å². The molecule has 0 atom stereocenters. The molecule has 0 saturated heterocycles.